The third-order valence-corrected chi connectivity index (χ3v) is 3.67. The summed E-state index contributed by atoms with van der Waals surface area (Å²) in [5, 5.41) is 11.8. The van der Waals surface area contributed by atoms with Crippen LogP contribution in [-0.4, -0.2) is 19.9 Å². The van der Waals surface area contributed by atoms with Crippen molar-refractivity contribution in [3.63, 3.8) is 0 Å². The molecule has 3 rings (SSSR count). The van der Waals surface area contributed by atoms with E-state index < -0.39 is 0 Å². The predicted octanol–water partition coefficient (Wildman–Crippen LogP) is 2.64. The highest BCUT2D eigenvalue weighted by molar-refractivity contribution is 5.18. The van der Waals surface area contributed by atoms with Gasteiger partial charge in [0.15, 0.2) is 5.82 Å². The van der Waals surface area contributed by atoms with E-state index in [-0.39, 0.29) is 0 Å². The van der Waals surface area contributed by atoms with Crippen molar-refractivity contribution in [3.8, 4) is 0 Å². The van der Waals surface area contributed by atoms with Crippen LogP contribution in [0.15, 0.2) is 53.7 Å². The van der Waals surface area contributed by atoms with E-state index in [0.717, 1.165) is 16.8 Å². The van der Waals surface area contributed by atoms with Crippen molar-refractivity contribution in [1.29, 1.82) is 0 Å². The maximum absolute atomic E-state index is 5.30. The number of hydrogen-bond acceptors (Lipinski definition) is 5. The zero-order valence-electron chi connectivity index (χ0n) is 13.8. The normalized spacial score (nSPS) is 10.9. The lowest BCUT2D eigenvalue weighted by atomic mass is 10.1. The first kappa shape index (κ1) is 16.1. The lowest BCUT2D eigenvalue weighted by Crippen LogP contribution is -2.14. The molecule has 0 aliphatic carbocycles. The van der Waals surface area contributed by atoms with Crippen molar-refractivity contribution in [2.45, 2.75) is 33.0 Å². The van der Waals surface area contributed by atoms with Gasteiger partial charge in [0, 0.05) is 18.3 Å². The first-order chi connectivity index (χ1) is 11.7. The number of nitrogens with zero attached hydrogens (tertiary/aromatic N) is 4. The van der Waals surface area contributed by atoms with Gasteiger partial charge in [0.25, 0.3) is 0 Å². The Morgan fingerprint density at radius 1 is 1.25 bits per heavy atom. The summed E-state index contributed by atoms with van der Waals surface area (Å²) in [5.74, 6) is 1.30. The van der Waals surface area contributed by atoms with Crippen LogP contribution in [0.4, 0.5) is 0 Å². The molecular weight excluding hydrogens is 302 g/mol. The van der Waals surface area contributed by atoms with E-state index in [9.17, 15) is 0 Å². The van der Waals surface area contributed by atoms with Gasteiger partial charge in [-0.25, -0.2) is 0 Å². The Labute approximate surface area is 141 Å². The minimum absolute atomic E-state index is 0.560. The van der Waals surface area contributed by atoms with E-state index in [1.165, 1.54) is 0 Å². The molecule has 0 radical (unpaired) electrons. The van der Waals surface area contributed by atoms with E-state index in [1.54, 1.807) is 0 Å². The molecule has 0 spiro atoms. The average molecular weight is 323 g/mol. The summed E-state index contributed by atoms with van der Waals surface area (Å²) in [6, 6.07) is 10.1. The van der Waals surface area contributed by atoms with Gasteiger partial charge in [-0.3, -0.25) is 4.68 Å². The van der Waals surface area contributed by atoms with Crippen LogP contribution >= 0.6 is 0 Å². The van der Waals surface area contributed by atoms with Gasteiger partial charge in [0.1, 0.15) is 0 Å². The molecule has 6 heteroatoms. The topological polar surface area (TPSA) is 68.8 Å². The van der Waals surface area contributed by atoms with Crippen LogP contribution in [0.25, 0.3) is 0 Å². The Hall–Kier alpha value is -2.73. The molecule has 0 aliphatic rings. The van der Waals surface area contributed by atoms with Crippen LogP contribution in [0.3, 0.4) is 0 Å². The highest BCUT2D eigenvalue weighted by atomic mass is 16.5. The van der Waals surface area contributed by atoms with Crippen molar-refractivity contribution >= 4 is 0 Å². The number of allylic oxidation sites excluding steroid dienone is 1. The number of hydrogen-bond donors (Lipinski definition) is 1. The van der Waals surface area contributed by atoms with E-state index in [2.05, 4.69) is 27.1 Å². The second-order valence-electron chi connectivity index (χ2n) is 5.62. The molecule has 0 aliphatic heterocycles. The van der Waals surface area contributed by atoms with E-state index in [4.69, 9.17) is 4.52 Å². The van der Waals surface area contributed by atoms with E-state index in [0.29, 0.717) is 37.8 Å². The van der Waals surface area contributed by atoms with Crippen LogP contribution in [0.1, 0.15) is 28.5 Å². The van der Waals surface area contributed by atoms with Crippen LogP contribution in [0, 0.1) is 6.92 Å². The molecule has 2 aromatic heterocycles. The molecule has 2 heterocycles. The van der Waals surface area contributed by atoms with Crippen LogP contribution in [-0.2, 0) is 26.1 Å². The Morgan fingerprint density at radius 2 is 2.08 bits per heavy atom. The van der Waals surface area contributed by atoms with Gasteiger partial charge in [-0.05, 0) is 12.5 Å². The molecule has 0 unspecified atom stereocenters. The van der Waals surface area contributed by atoms with Crippen molar-refractivity contribution < 1.29 is 4.52 Å². The Morgan fingerprint density at radius 3 is 2.88 bits per heavy atom. The van der Waals surface area contributed by atoms with Crippen molar-refractivity contribution in [1.82, 2.24) is 25.2 Å². The Balaban J connectivity index is 1.51. The monoisotopic (exact) mass is 323 g/mol. The summed E-state index contributed by atoms with van der Waals surface area (Å²) in [6.07, 6.45) is 4.51. The molecule has 6 nitrogen and oxygen atoms in total. The second kappa shape index (κ2) is 7.70. The first-order valence-corrected chi connectivity index (χ1v) is 7.94. The Bertz CT molecular complexity index is 791. The number of aryl methyl sites for hydroxylation is 1. The van der Waals surface area contributed by atoms with Gasteiger partial charge in [0.2, 0.25) is 5.89 Å². The van der Waals surface area contributed by atoms with Crippen molar-refractivity contribution in [2.24, 2.45) is 0 Å². The summed E-state index contributed by atoms with van der Waals surface area (Å²) in [5.41, 5.74) is 3.33. The summed E-state index contributed by atoms with van der Waals surface area (Å²) >= 11 is 0. The second-order valence-corrected chi connectivity index (χ2v) is 5.62. The van der Waals surface area contributed by atoms with Gasteiger partial charge in [-0.2, -0.15) is 10.1 Å². The minimum Gasteiger partial charge on any atom is -0.339 e. The fraction of sp³-hybridized carbons (Fsp3) is 0.278. The molecule has 24 heavy (non-hydrogen) atoms. The standard InChI is InChI=1S/C18H21N5O/c1-3-9-23-13-16(14(2)21-23)11-19-12-17-20-18(24-22-17)10-15-7-5-4-6-8-15/h3-8,13,19H,1,9-12H2,2H3. The SMILES string of the molecule is C=CCn1cc(CNCc2noc(Cc3ccccc3)n2)c(C)n1. The smallest absolute Gasteiger partial charge is 0.231 e. The zero-order chi connectivity index (χ0) is 16.8. The van der Waals surface area contributed by atoms with Crippen LogP contribution < -0.4 is 5.32 Å². The summed E-state index contributed by atoms with van der Waals surface area (Å²) in [7, 11) is 0. The summed E-state index contributed by atoms with van der Waals surface area (Å²) < 4.78 is 7.18. The fourth-order valence-electron chi connectivity index (χ4n) is 2.47. The molecular formula is C18H21N5O. The molecule has 124 valence electrons. The maximum Gasteiger partial charge on any atom is 0.231 e. The molecule has 0 bridgehead atoms. The largest absolute Gasteiger partial charge is 0.339 e. The third-order valence-electron chi connectivity index (χ3n) is 3.67. The Kier molecular flexibility index (Phi) is 5.18. The summed E-state index contributed by atoms with van der Waals surface area (Å²) in [4.78, 5) is 4.42. The summed E-state index contributed by atoms with van der Waals surface area (Å²) in [6.45, 7) is 7.72. The van der Waals surface area contributed by atoms with E-state index >= 15 is 0 Å². The number of nitrogens with one attached hydrogen (secondary N) is 1. The molecule has 3 aromatic rings. The molecule has 0 saturated carbocycles. The van der Waals surface area contributed by atoms with Crippen molar-refractivity contribution in [3.05, 3.63) is 77.7 Å². The highest BCUT2D eigenvalue weighted by Crippen LogP contribution is 2.08. The van der Waals surface area contributed by atoms with Gasteiger partial charge in [-0.15, -0.1) is 6.58 Å². The quantitative estimate of drug-likeness (QED) is 0.645. The zero-order valence-corrected chi connectivity index (χ0v) is 13.8. The molecule has 0 fully saturated rings. The average Bonchev–Trinajstić information content (AvgIpc) is 3.16. The maximum atomic E-state index is 5.30. The molecule has 1 aromatic carbocycles. The lowest BCUT2D eigenvalue weighted by Gasteiger charge is -1.99. The fourth-order valence-corrected chi connectivity index (χ4v) is 2.47. The van der Waals surface area contributed by atoms with Crippen molar-refractivity contribution in [2.75, 3.05) is 0 Å². The van der Waals surface area contributed by atoms with Crippen LogP contribution in [0.2, 0.25) is 0 Å². The minimum atomic E-state index is 0.560. The first-order valence-electron chi connectivity index (χ1n) is 7.94. The molecule has 1 N–H and O–H groups in total. The molecule has 0 saturated heterocycles. The number of aromatic nitrogens is 4. The number of benzene rings is 1. The molecule has 0 atom stereocenters. The van der Waals surface area contributed by atoms with Gasteiger partial charge < -0.3 is 9.84 Å². The van der Waals surface area contributed by atoms with Gasteiger partial charge in [-0.1, -0.05) is 41.6 Å². The number of rotatable bonds is 8. The van der Waals surface area contributed by atoms with E-state index in [1.807, 2.05) is 54.2 Å². The molecule has 0 amide bonds. The van der Waals surface area contributed by atoms with Gasteiger partial charge >= 0.3 is 0 Å². The van der Waals surface area contributed by atoms with Crippen LogP contribution in [0.5, 0.6) is 0 Å². The highest BCUT2D eigenvalue weighted by Gasteiger charge is 2.08. The third kappa shape index (κ3) is 4.17. The predicted molar refractivity (Wildman–Crippen MR) is 91.3 cm³/mol. The van der Waals surface area contributed by atoms with Gasteiger partial charge in [0.05, 0.1) is 25.2 Å². The lowest BCUT2D eigenvalue weighted by molar-refractivity contribution is 0.377.